The lowest BCUT2D eigenvalue weighted by atomic mass is 10.1. The van der Waals surface area contributed by atoms with Crippen molar-refractivity contribution in [2.75, 3.05) is 18.5 Å². The summed E-state index contributed by atoms with van der Waals surface area (Å²) in [4.78, 5) is 38.4. The number of ether oxygens (including phenoxy) is 2. The SMILES string of the molecule is CC(OC(=O)NCCOc1cccc2ccccc12)c1ccc(NC(=O)c2ccc([N+](=O)[O-])cn2)cc1. The fraction of sp³-hybridized carbons (Fsp3) is 0.148. The number of anilines is 1. The van der Waals surface area contributed by atoms with Crippen LogP contribution < -0.4 is 15.4 Å². The maximum absolute atomic E-state index is 12.3. The van der Waals surface area contributed by atoms with Crippen LogP contribution in [0.15, 0.2) is 85.1 Å². The summed E-state index contributed by atoms with van der Waals surface area (Å²) in [5, 5.41) is 18.1. The number of hydrogen-bond acceptors (Lipinski definition) is 7. The van der Waals surface area contributed by atoms with Gasteiger partial charge in [0.2, 0.25) is 0 Å². The molecular formula is C27H24N4O6. The average Bonchev–Trinajstić information content (AvgIpc) is 2.91. The lowest BCUT2D eigenvalue weighted by Gasteiger charge is -2.15. The van der Waals surface area contributed by atoms with E-state index in [1.54, 1.807) is 31.2 Å². The van der Waals surface area contributed by atoms with Crippen molar-refractivity contribution in [3.63, 3.8) is 0 Å². The molecule has 3 aromatic carbocycles. The van der Waals surface area contributed by atoms with Crippen LogP contribution >= 0.6 is 0 Å². The second-order valence-electron chi connectivity index (χ2n) is 8.03. The Morgan fingerprint density at radius 2 is 1.76 bits per heavy atom. The van der Waals surface area contributed by atoms with Crippen molar-refractivity contribution in [2.24, 2.45) is 0 Å². The van der Waals surface area contributed by atoms with E-state index in [9.17, 15) is 19.7 Å². The van der Waals surface area contributed by atoms with Crippen LogP contribution in [0.5, 0.6) is 5.75 Å². The molecule has 0 spiro atoms. The summed E-state index contributed by atoms with van der Waals surface area (Å²) in [5.41, 5.74) is 1.08. The largest absolute Gasteiger partial charge is 0.491 e. The van der Waals surface area contributed by atoms with Crippen LogP contribution in [0.2, 0.25) is 0 Å². The third kappa shape index (κ3) is 6.57. The van der Waals surface area contributed by atoms with E-state index in [0.29, 0.717) is 5.69 Å². The number of aromatic nitrogens is 1. The number of hydrogen-bond donors (Lipinski definition) is 2. The second kappa shape index (κ2) is 11.6. The molecule has 0 bridgehead atoms. The lowest BCUT2D eigenvalue weighted by molar-refractivity contribution is -0.385. The molecule has 0 saturated carbocycles. The number of pyridine rings is 1. The Hall–Kier alpha value is -4.99. The number of nitrogens with zero attached hydrogens (tertiary/aromatic N) is 2. The minimum absolute atomic E-state index is 0.0486. The highest BCUT2D eigenvalue weighted by atomic mass is 16.6. The number of alkyl carbamates (subject to hydrolysis) is 1. The van der Waals surface area contributed by atoms with Crippen molar-refractivity contribution >= 4 is 34.1 Å². The van der Waals surface area contributed by atoms with Gasteiger partial charge in [0.15, 0.2) is 0 Å². The molecule has 1 atom stereocenters. The Morgan fingerprint density at radius 1 is 1.00 bits per heavy atom. The standard InChI is InChI=1S/C27H24N4O6/c1-18(37-27(33)28-15-16-36-25-8-4-6-20-5-2-3-7-23(20)25)19-9-11-21(12-10-19)30-26(32)24-14-13-22(17-29-24)31(34)35/h2-14,17-18H,15-16H2,1H3,(H,28,33)(H,30,32). The molecule has 188 valence electrons. The maximum atomic E-state index is 12.3. The highest BCUT2D eigenvalue weighted by Crippen LogP contribution is 2.25. The van der Waals surface area contributed by atoms with Crippen LogP contribution in [-0.2, 0) is 4.74 Å². The molecule has 0 saturated heterocycles. The Kier molecular flexibility index (Phi) is 7.89. The first kappa shape index (κ1) is 25.1. The van der Waals surface area contributed by atoms with Crippen LogP contribution in [0.25, 0.3) is 10.8 Å². The van der Waals surface area contributed by atoms with Gasteiger partial charge >= 0.3 is 6.09 Å². The summed E-state index contributed by atoms with van der Waals surface area (Å²) < 4.78 is 11.2. The number of carbonyl (C=O) groups excluding carboxylic acids is 2. The van der Waals surface area contributed by atoms with Crippen molar-refractivity contribution in [1.82, 2.24) is 10.3 Å². The van der Waals surface area contributed by atoms with Gasteiger partial charge in [-0.1, -0.05) is 48.5 Å². The van der Waals surface area contributed by atoms with E-state index in [1.165, 1.54) is 12.1 Å². The van der Waals surface area contributed by atoms with E-state index in [1.807, 2.05) is 42.5 Å². The van der Waals surface area contributed by atoms with Crippen molar-refractivity contribution in [3.05, 3.63) is 106 Å². The van der Waals surface area contributed by atoms with Gasteiger partial charge < -0.3 is 20.1 Å². The highest BCUT2D eigenvalue weighted by molar-refractivity contribution is 6.02. The van der Waals surface area contributed by atoms with Crippen LogP contribution in [0.1, 0.15) is 29.1 Å². The van der Waals surface area contributed by atoms with Crippen LogP contribution in [0.3, 0.4) is 0 Å². The molecule has 1 heterocycles. The molecule has 4 rings (SSSR count). The molecule has 2 N–H and O–H groups in total. The first-order chi connectivity index (χ1) is 17.9. The summed E-state index contributed by atoms with van der Waals surface area (Å²) in [7, 11) is 0. The highest BCUT2D eigenvalue weighted by Gasteiger charge is 2.14. The summed E-state index contributed by atoms with van der Waals surface area (Å²) in [6.07, 6.45) is -0.0755. The summed E-state index contributed by atoms with van der Waals surface area (Å²) >= 11 is 0. The Morgan fingerprint density at radius 3 is 2.49 bits per heavy atom. The van der Waals surface area contributed by atoms with Gasteiger partial charge in [-0.15, -0.1) is 0 Å². The first-order valence-corrected chi connectivity index (χ1v) is 11.5. The third-order valence-corrected chi connectivity index (χ3v) is 5.49. The zero-order valence-electron chi connectivity index (χ0n) is 19.9. The van der Waals surface area contributed by atoms with Gasteiger partial charge in [-0.05, 0) is 42.1 Å². The minimum atomic E-state index is -0.586. The van der Waals surface area contributed by atoms with E-state index in [0.717, 1.165) is 28.3 Å². The molecule has 1 aromatic heterocycles. The van der Waals surface area contributed by atoms with Crippen molar-refractivity contribution in [2.45, 2.75) is 13.0 Å². The molecular weight excluding hydrogens is 476 g/mol. The molecule has 0 aliphatic rings. The van der Waals surface area contributed by atoms with Crippen molar-refractivity contribution < 1.29 is 24.0 Å². The van der Waals surface area contributed by atoms with Gasteiger partial charge in [0.1, 0.15) is 30.4 Å². The smallest absolute Gasteiger partial charge is 0.407 e. The average molecular weight is 501 g/mol. The predicted molar refractivity (Wildman–Crippen MR) is 138 cm³/mol. The van der Waals surface area contributed by atoms with Crippen LogP contribution in [-0.4, -0.2) is 35.1 Å². The van der Waals surface area contributed by atoms with E-state index in [-0.39, 0.29) is 24.5 Å². The monoisotopic (exact) mass is 500 g/mol. The minimum Gasteiger partial charge on any atom is -0.491 e. The molecule has 0 aliphatic carbocycles. The topological polar surface area (TPSA) is 133 Å². The summed E-state index contributed by atoms with van der Waals surface area (Å²) in [6.45, 7) is 2.30. The molecule has 1 unspecified atom stereocenters. The Balaban J connectivity index is 1.22. The van der Waals surface area contributed by atoms with E-state index in [2.05, 4.69) is 15.6 Å². The molecule has 0 aliphatic heterocycles. The zero-order valence-corrected chi connectivity index (χ0v) is 19.9. The predicted octanol–water partition coefficient (Wildman–Crippen LogP) is 5.26. The second-order valence-corrected chi connectivity index (χ2v) is 8.03. The number of fused-ring (bicyclic) bond motifs is 1. The van der Waals surface area contributed by atoms with Gasteiger partial charge in [-0.3, -0.25) is 14.9 Å². The molecule has 37 heavy (non-hydrogen) atoms. The molecule has 10 heteroatoms. The van der Waals surface area contributed by atoms with Gasteiger partial charge in [0, 0.05) is 17.1 Å². The van der Waals surface area contributed by atoms with Gasteiger partial charge in [0.25, 0.3) is 11.6 Å². The number of carbonyl (C=O) groups is 2. The van der Waals surface area contributed by atoms with Crippen LogP contribution in [0, 0.1) is 10.1 Å². The number of benzene rings is 3. The van der Waals surface area contributed by atoms with Gasteiger partial charge in [-0.25, -0.2) is 9.78 Å². The van der Waals surface area contributed by atoms with E-state index < -0.39 is 23.0 Å². The van der Waals surface area contributed by atoms with Gasteiger partial charge in [-0.2, -0.15) is 0 Å². The van der Waals surface area contributed by atoms with Gasteiger partial charge in [0.05, 0.1) is 11.5 Å². The number of rotatable bonds is 9. The fourth-order valence-corrected chi connectivity index (χ4v) is 3.57. The third-order valence-electron chi connectivity index (χ3n) is 5.49. The molecule has 2 amide bonds. The lowest BCUT2D eigenvalue weighted by Crippen LogP contribution is -2.29. The van der Waals surface area contributed by atoms with Crippen molar-refractivity contribution in [3.8, 4) is 5.75 Å². The normalized spacial score (nSPS) is 11.4. The number of nitrogens with one attached hydrogen (secondary N) is 2. The molecule has 4 aromatic rings. The van der Waals surface area contributed by atoms with Crippen LogP contribution in [0.4, 0.5) is 16.2 Å². The number of amides is 2. The Labute approximate surface area is 212 Å². The molecule has 0 fully saturated rings. The summed E-state index contributed by atoms with van der Waals surface area (Å²) in [6, 6.07) is 23.0. The number of nitro groups is 1. The fourth-order valence-electron chi connectivity index (χ4n) is 3.57. The quantitative estimate of drug-likeness (QED) is 0.182. The summed E-state index contributed by atoms with van der Waals surface area (Å²) in [5.74, 6) is 0.246. The van der Waals surface area contributed by atoms with E-state index in [4.69, 9.17) is 9.47 Å². The Bertz CT molecular complexity index is 1400. The molecule has 0 radical (unpaired) electrons. The maximum Gasteiger partial charge on any atom is 0.407 e. The van der Waals surface area contributed by atoms with Crippen molar-refractivity contribution in [1.29, 1.82) is 0 Å². The van der Waals surface area contributed by atoms with E-state index >= 15 is 0 Å². The molecule has 10 nitrogen and oxygen atoms in total. The first-order valence-electron chi connectivity index (χ1n) is 11.5. The zero-order chi connectivity index (χ0) is 26.2.